The SMILES string of the molecule is Cc1cccc(OCCC(O)Cc2c(F)cccc2Cl)c1. The predicted octanol–water partition coefficient (Wildman–Crippen LogP) is 4.16. The third-order valence-corrected chi connectivity index (χ3v) is 3.56. The Morgan fingerprint density at radius 1 is 1.24 bits per heavy atom. The van der Waals surface area contributed by atoms with Crippen molar-refractivity contribution in [1.82, 2.24) is 0 Å². The Morgan fingerprint density at radius 3 is 2.71 bits per heavy atom. The van der Waals surface area contributed by atoms with Crippen molar-refractivity contribution in [3.63, 3.8) is 0 Å². The molecule has 2 aromatic rings. The Kier molecular flexibility index (Phi) is 5.59. The number of hydrogen-bond donors (Lipinski definition) is 1. The molecule has 0 saturated carbocycles. The van der Waals surface area contributed by atoms with Gasteiger partial charge in [0.2, 0.25) is 0 Å². The van der Waals surface area contributed by atoms with Crippen molar-refractivity contribution >= 4 is 11.6 Å². The van der Waals surface area contributed by atoms with Crippen LogP contribution in [0.1, 0.15) is 17.5 Å². The van der Waals surface area contributed by atoms with E-state index >= 15 is 0 Å². The van der Waals surface area contributed by atoms with Crippen molar-refractivity contribution < 1.29 is 14.2 Å². The van der Waals surface area contributed by atoms with Crippen LogP contribution in [0.4, 0.5) is 4.39 Å². The molecule has 1 N–H and O–H groups in total. The first kappa shape index (κ1) is 15.8. The van der Waals surface area contributed by atoms with Gasteiger partial charge < -0.3 is 9.84 Å². The lowest BCUT2D eigenvalue weighted by Gasteiger charge is -2.13. The number of ether oxygens (including phenoxy) is 1. The zero-order valence-electron chi connectivity index (χ0n) is 11.9. The van der Waals surface area contributed by atoms with Crippen LogP contribution in [0, 0.1) is 12.7 Å². The summed E-state index contributed by atoms with van der Waals surface area (Å²) in [6.07, 6.45) is -0.0920. The lowest BCUT2D eigenvalue weighted by atomic mass is 10.1. The highest BCUT2D eigenvalue weighted by Crippen LogP contribution is 2.21. The van der Waals surface area contributed by atoms with E-state index < -0.39 is 6.10 Å². The summed E-state index contributed by atoms with van der Waals surface area (Å²) in [5, 5.41) is 10.3. The van der Waals surface area contributed by atoms with Gasteiger partial charge in [0, 0.05) is 23.4 Å². The molecule has 0 radical (unpaired) electrons. The van der Waals surface area contributed by atoms with Crippen molar-refractivity contribution in [2.75, 3.05) is 6.61 Å². The largest absolute Gasteiger partial charge is 0.493 e. The zero-order valence-corrected chi connectivity index (χ0v) is 12.6. The number of aliphatic hydroxyl groups is 1. The topological polar surface area (TPSA) is 29.5 Å². The van der Waals surface area contributed by atoms with Crippen LogP contribution in [0.2, 0.25) is 5.02 Å². The van der Waals surface area contributed by atoms with Gasteiger partial charge in [0.25, 0.3) is 0 Å². The van der Waals surface area contributed by atoms with E-state index in [4.69, 9.17) is 16.3 Å². The van der Waals surface area contributed by atoms with Gasteiger partial charge in [-0.3, -0.25) is 0 Å². The first-order valence-corrected chi connectivity index (χ1v) is 7.24. The van der Waals surface area contributed by atoms with Crippen LogP contribution < -0.4 is 4.74 Å². The Hall–Kier alpha value is -1.58. The number of hydrogen-bond acceptors (Lipinski definition) is 2. The molecule has 2 rings (SSSR count). The van der Waals surface area contributed by atoms with Gasteiger partial charge in [0.05, 0.1) is 12.7 Å². The Balaban J connectivity index is 1.84. The maximum Gasteiger partial charge on any atom is 0.127 e. The summed E-state index contributed by atoms with van der Waals surface area (Å²) >= 11 is 5.94. The van der Waals surface area contributed by atoms with Crippen molar-refractivity contribution in [3.05, 3.63) is 64.4 Å². The second-order valence-corrected chi connectivity index (χ2v) is 5.42. The van der Waals surface area contributed by atoms with E-state index in [1.807, 2.05) is 31.2 Å². The van der Waals surface area contributed by atoms with Crippen LogP contribution in [-0.4, -0.2) is 17.8 Å². The molecule has 0 bridgehead atoms. The molecule has 0 heterocycles. The first-order chi connectivity index (χ1) is 10.1. The summed E-state index contributed by atoms with van der Waals surface area (Å²) in [5.41, 5.74) is 1.47. The number of benzene rings is 2. The maximum atomic E-state index is 13.6. The molecule has 0 aliphatic rings. The molecule has 2 nitrogen and oxygen atoms in total. The first-order valence-electron chi connectivity index (χ1n) is 6.86. The van der Waals surface area contributed by atoms with E-state index in [0.717, 1.165) is 11.3 Å². The van der Waals surface area contributed by atoms with Crippen LogP contribution >= 0.6 is 11.6 Å². The average molecular weight is 309 g/mol. The number of aliphatic hydroxyl groups excluding tert-OH is 1. The van der Waals surface area contributed by atoms with Crippen molar-refractivity contribution in [1.29, 1.82) is 0 Å². The Morgan fingerprint density at radius 2 is 2.00 bits per heavy atom. The molecule has 0 fully saturated rings. The third-order valence-electron chi connectivity index (χ3n) is 3.21. The molecule has 0 amide bonds. The summed E-state index contributed by atoms with van der Waals surface area (Å²) in [5.74, 6) is 0.382. The van der Waals surface area contributed by atoms with E-state index in [-0.39, 0.29) is 12.2 Å². The van der Waals surface area contributed by atoms with Gasteiger partial charge in [-0.1, -0.05) is 29.8 Å². The monoisotopic (exact) mass is 308 g/mol. The fraction of sp³-hybridized carbons (Fsp3) is 0.294. The van der Waals surface area contributed by atoms with Gasteiger partial charge in [0.1, 0.15) is 11.6 Å². The normalized spacial score (nSPS) is 12.2. The highest BCUT2D eigenvalue weighted by Gasteiger charge is 2.12. The third kappa shape index (κ3) is 4.73. The van der Waals surface area contributed by atoms with Crippen molar-refractivity contribution in [2.24, 2.45) is 0 Å². The van der Waals surface area contributed by atoms with E-state index in [2.05, 4.69) is 0 Å². The van der Waals surface area contributed by atoms with Gasteiger partial charge in [-0.05, 0) is 36.8 Å². The molecule has 21 heavy (non-hydrogen) atoms. The van der Waals surface area contributed by atoms with Crippen LogP contribution in [-0.2, 0) is 6.42 Å². The van der Waals surface area contributed by atoms with Gasteiger partial charge in [-0.15, -0.1) is 0 Å². The fourth-order valence-corrected chi connectivity index (χ4v) is 2.32. The molecule has 0 spiro atoms. The predicted molar refractivity (Wildman–Crippen MR) is 82.4 cm³/mol. The number of aryl methyl sites for hydroxylation is 1. The zero-order chi connectivity index (χ0) is 15.2. The molecule has 1 unspecified atom stereocenters. The van der Waals surface area contributed by atoms with Gasteiger partial charge >= 0.3 is 0 Å². The second kappa shape index (κ2) is 7.43. The molecule has 4 heteroatoms. The van der Waals surface area contributed by atoms with E-state index in [1.165, 1.54) is 6.07 Å². The van der Waals surface area contributed by atoms with Gasteiger partial charge in [0.15, 0.2) is 0 Å². The molecule has 0 aliphatic heterocycles. The van der Waals surface area contributed by atoms with E-state index in [9.17, 15) is 9.50 Å². The average Bonchev–Trinajstić information content (AvgIpc) is 2.43. The highest BCUT2D eigenvalue weighted by atomic mass is 35.5. The smallest absolute Gasteiger partial charge is 0.127 e. The molecule has 2 aromatic carbocycles. The lowest BCUT2D eigenvalue weighted by Crippen LogP contribution is -2.16. The standard InChI is InChI=1S/C17H18ClFO2/c1-12-4-2-5-14(10-12)21-9-8-13(20)11-15-16(18)6-3-7-17(15)19/h2-7,10,13,20H,8-9,11H2,1H3. The minimum atomic E-state index is -0.691. The summed E-state index contributed by atoms with van der Waals surface area (Å²) in [6, 6.07) is 12.2. The van der Waals surface area contributed by atoms with Gasteiger partial charge in [-0.2, -0.15) is 0 Å². The van der Waals surface area contributed by atoms with Crippen LogP contribution in [0.3, 0.4) is 0 Å². The molecule has 112 valence electrons. The Bertz CT molecular complexity index is 581. The maximum absolute atomic E-state index is 13.6. The molecular formula is C17H18ClFO2. The molecule has 0 aromatic heterocycles. The van der Waals surface area contributed by atoms with Crippen LogP contribution in [0.25, 0.3) is 0 Å². The Labute approximate surface area is 129 Å². The lowest BCUT2D eigenvalue weighted by molar-refractivity contribution is 0.138. The number of rotatable bonds is 6. The molecule has 1 atom stereocenters. The highest BCUT2D eigenvalue weighted by molar-refractivity contribution is 6.31. The summed E-state index contributed by atoms with van der Waals surface area (Å²) in [7, 11) is 0. The molecular weight excluding hydrogens is 291 g/mol. The van der Waals surface area contributed by atoms with Crippen molar-refractivity contribution in [2.45, 2.75) is 25.9 Å². The summed E-state index contributed by atoms with van der Waals surface area (Å²) in [6.45, 7) is 2.36. The summed E-state index contributed by atoms with van der Waals surface area (Å²) < 4.78 is 19.2. The van der Waals surface area contributed by atoms with E-state index in [0.29, 0.717) is 23.6 Å². The second-order valence-electron chi connectivity index (χ2n) is 5.01. The minimum Gasteiger partial charge on any atom is -0.493 e. The summed E-state index contributed by atoms with van der Waals surface area (Å²) in [4.78, 5) is 0. The van der Waals surface area contributed by atoms with E-state index in [1.54, 1.807) is 12.1 Å². The molecule has 0 aliphatic carbocycles. The van der Waals surface area contributed by atoms with Gasteiger partial charge in [-0.25, -0.2) is 4.39 Å². The molecule has 0 saturated heterocycles. The quantitative estimate of drug-likeness (QED) is 0.868. The fourth-order valence-electron chi connectivity index (χ4n) is 2.08. The van der Waals surface area contributed by atoms with Crippen molar-refractivity contribution in [3.8, 4) is 5.75 Å². The minimum absolute atomic E-state index is 0.183. The van der Waals surface area contributed by atoms with Crippen LogP contribution in [0.15, 0.2) is 42.5 Å². The number of halogens is 2. The van der Waals surface area contributed by atoms with Crippen LogP contribution in [0.5, 0.6) is 5.75 Å².